The molecule has 8 nitrogen and oxygen atoms in total. The summed E-state index contributed by atoms with van der Waals surface area (Å²) in [5.41, 5.74) is 2.12. The molecule has 3 atom stereocenters. The van der Waals surface area contributed by atoms with Gasteiger partial charge in [-0.25, -0.2) is 4.79 Å². The SMILES string of the molecule is N#CC1CC2C(=O)N(Cc3cc4cc(Cl)cc(-c5cccc(C(=O)O)c5)c4o3)CNC2CN1. The van der Waals surface area contributed by atoms with Gasteiger partial charge in [-0.05, 0) is 42.3 Å². The van der Waals surface area contributed by atoms with Crippen LogP contribution in [-0.2, 0) is 11.3 Å². The van der Waals surface area contributed by atoms with Crippen molar-refractivity contribution in [3.63, 3.8) is 0 Å². The molecule has 5 rings (SSSR count). The number of carbonyl (C=O) groups excluding carboxylic acids is 1. The molecule has 0 aliphatic carbocycles. The quantitative estimate of drug-likeness (QED) is 0.542. The molecule has 1 aromatic heterocycles. The Kier molecular flexibility index (Phi) is 5.54. The summed E-state index contributed by atoms with van der Waals surface area (Å²) in [4.78, 5) is 26.2. The van der Waals surface area contributed by atoms with Gasteiger partial charge in [0, 0.05) is 28.6 Å². The van der Waals surface area contributed by atoms with Crippen LogP contribution in [0.4, 0.5) is 0 Å². The Labute approximate surface area is 194 Å². The topological polar surface area (TPSA) is 119 Å². The van der Waals surface area contributed by atoms with Crippen molar-refractivity contribution in [2.45, 2.75) is 25.0 Å². The number of carbonyl (C=O) groups is 2. The fourth-order valence-electron chi connectivity index (χ4n) is 4.64. The Morgan fingerprint density at radius 2 is 2.12 bits per heavy atom. The number of nitrogens with one attached hydrogen (secondary N) is 2. The van der Waals surface area contributed by atoms with E-state index < -0.39 is 5.97 Å². The fraction of sp³-hybridized carbons (Fsp3) is 0.292. The third kappa shape index (κ3) is 4.07. The van der Waals surface area contributed by atoms with Crippen LogP contribution >= 0.6 is 11.6 Å². The van der Waals surface area contributed by atoms with Gasteiger partial charge in [0.15, 0.2) is 0 Å². The third-order valence-corrected chi connectivity index (χ3v) is 6.51. The summed E-state index contributed by atoms with van der Waals surface area (Å²) in [5, 5.41) is 26.4. The van der Waals surface area contributed by atoms with Gasteiger partial charge in [0.1, 0.15) is 11.3 Å². The van der Waals surface area contributed by atoms with Gasteiger partial charge in [0.2, 0.25) is 5.91 Å². The van der Waals surface area contributed by atoms with Crippen molar-refractivity contribution in [2.75, 3.05) is 13.2 Å². The molecule has 2 saturated heterocycles. The average molecular weight is 465 g/mol. The lowest BCUT2D eigenvalue weighted by molar-refractivity contribution is -0.142. The molecule has 2 aliphatic rings. The van der Waals surface area contributed by atoms with Gasteiger partial charge in [0.25, 0.3) is 0 Å². The summed E-state index contributed by atoms with van der Waals surface area (Å²) in [7, 11) is 0. The van der Waals surface area contributed by atoms with Crippen molar-refractivity contribution in [1.29, 1.82) is 5.26 Å². The predicted molar refractivity (Wildman–Crippen MR) is 121 cm³/mol. The summed E-state index contributed by atoms with van der Waals surface area (Å²) in [5.74, 6) is -0.658. The molecule has 0 bridgehead atoms. The molecule has 2 aromatic carbocycles. The van der Waals surface area contributed by atoms with E-state index in [1.807, 2.05) is 6.07 Å². The minimum Gasteiger partial charge on any atom is -0.478 e. The highest BCUT2D eigenvalue weighted by Crippen LogP contribution is 2.35. The zero-order chi connectivity index (χ0) is 23.1. The van der Waals surface area contributed by atoms with Crippen LogP contribution in [0.3, 0.4) is 0 Å². The van der Waals surface area contributed by atoms with Crippen LogP contribution in [-0.4, -0.2) is 47.2 Å². The Hall–Kier alpha value is -3.38. The van der Waals surface area contributed by atoms with Crippen LogP contribution < -0.4 is 10.6 Å². The number of halogens is 1. The maximum atomic E-state index is 13.1. The van der Waals surface area contributed by atoms with Crippen molar-refractivity contribution >= 4 is 34.4 Å². The van der Waals surface area contributed by atoms with E-state index in [0.717, 1.165) is 5.39 Å². The van der Waals surface area contributed by atoms with Crippen molar-refractivity contribution in [2.24, 2.45) is 5.92 Å². The van der Waals surface area contributed by atoms with Gasteiger partial charge >= 0.3 is 5.97 Å². The van der Waals surface area contributed by atoms with E-state index in [1.165, 1.54) is 6.07 Å². The number of nitrogens with zero attached hydrogens (tertiary/aromatic N) is 2. The monoisotopic (exact) mass is 464 g/mol. The average Bonchev–Trinajstić information content (AvgIpc) is 3.22. The molecule has 33 heavy (non-hydrogen) atoms. The third-order valence-electron chi connectivity index (χ3n) is 6.29. The van der Waals surface area contributed by atoms with Crippen molar-refractivity contribution in [1.82, 2.24) is 15.5 Å². The Balaban J connectivity index is 1.44. The maximum absolute atomic E-state index is 13.1. The number of hydrogen-bond acceptors (Lipinski definition) is 6. The molecule has 3 N–H and O–H groups in total. The first-order chi connectivity index (χ1) is 15.9. The predicted octanol–water partition coefficient (Wildman–Crippen LogP) is 3.21. The molecule has 2 fully saturated rings. The highest BCUT2D eigenvalue weighted by molar-refractivity contribution is 6.31. The van der Waals surface area contributed by atoms with Gasteiger partial charge < -0.3 is 19.7 Å². The summed E-state index contributed by atoms with van der Waals surface area (Å²) in [6, 6.07) is 13.9. The fourth-order valence-corrected chi connectivity index (χ4v) is 4.87. The Morgan fingerprint density at radius 1 is 1.27 bits per heavy atom. The van der Waals surface area contributed by atoms with Gasteiger partial charge in [-0.1, -0.05) is 23.7 Å². The van der Waals surface area contributed by atoms with Crippen molar-refractivity contribution in [3.05, 3.63) is 58.8 Å². The first-order valence-corrected chi connectivity index (χ1v) is 11.0. The molecular formula is C24H21ClN4O4. The molecule has 2 aliphatic heterocycles. The second kappa shape index (κ2) is 8.52. The second-order valence-electron chi connectivity index (χ2n) is 8.41. The molecule has 1 amide bonds. The zero-order valence-electron chi connectivity index (χ0n) is 17.5. The minimum atomic E-state index is -1.01. The number of carboxylic acid groups (broad SMARTS) is 1. The first kappa shape index (κ1) is 21.5. The lowest BCUT2D eigenvalue weighted by Gasteiger charge is -2.42. The standard InChI is InChI=1S/C24H21ClN4O4/c25-16-5-15-6-18(11-29-12-28-21-10-27-17(9-26)8-20(21)23(29)30)33-22(15)19(7-16)13-2-1-3-14(4-13)24(31)32/h1-7,17,20-21,27-28H,8,10-12H2,(H,31,32). The number of amides is 1. The molecule has 0 spiro atoms. The number of carboxylic acids is 1. The highest BCUT2D eigenvalue weighted by atomic mass is 35.5. The lowest BCUT2D eigenvalue weighted by atomic mass is 9.86. The van der Waals surface area contributed by atoms with Crippen LogP contribution in [0.5, 0.6) is 0 Å². The number of aromatic carboxylic acids is 1. The van der Waals surface area contributed by atoms with E-state index in [0.29, 0.717) is 47.1 Å². The van der Waals surface area contributed by atoms with Crippen LogP contribution in [0.25, 0.3) is 22.1 Å². The summed E-state index contributed by atoms with van der Waals surface area (Å²) >= 11 is 6.34. The first-order valence-electron chi connectivity index (χ1n) is 10.6. The van der Waals surface area contributed by atoms with Crippen molar-refractivity contribution < 1.29 is 19.1 Å². The molecule has 3 heterocycles. The highest BCUT2D eigenvalue weighted by Gasteiger charge is 2.40. The van der Waals surface area contributed by atoms with E-state index in [2.05, 4.69) is 16.7 Å². The Bertz CT molecular complexity index is 1300. The molecule has 168 valence electrons. The Morgan fingerprint density at radius 3 is 2.91 bits per heavy atom. The molecule has 3 aromatic rings. The van der Waals surface area contributed by atoms with E-state index in [9.17, 15) is 20.0 Å². The number of piperidine rings is 1. The number of hydrogen-bond donors (Lipinski definition) is 3. The lowest BCUT2D eigenvalue weighted by Crippen LogP contribution is -2.63. The maximum Gasteiger partial charge on any atom is 0.335 e. The van der Waals surface area contributed by atoms with Crippen LogP contribution in [0.1, 0.15) is 22.5 Å². The van der Waals surface area contributed by atoms with Gasteiger partial charge in [-0.2, -0.15) is 5.26 Å². The van der Waals surface area contributed by atoms with Crippen LogP contribution in [0, 0.1) is 17.2 Å². The number of nitriles is 1. The molecular weight excluding hydrogens is 444 g/mol. The van der Waals surface area contributed by atoms with Gasteiger partial charge in [-0.15, -0.1) is 0 Å². The molecule has 9 heteroatoms. The number of benzene rings is 2. The zero-order valence-corrected chi connectivity index (χ0v) is 18.3. The van der Waals surface area contributed by atoms with E-state index in [1.54, 1.807) is 35.2 Å². The van der Waals surface area contributed by atoms with E-state index in [4.69, 9.17) is 16.0 Å². The largest absolute Gasteiger partial charge is 0.478 e. The molecule has 3 unspecified atom stereocenters. The second-order valence-corrected chi connectivity index (χ2v) is 8.84. The number of rotatable bonds is 4. The van der Waals surface area contributed by atoms with Crippen molar-refractivity contribution in [3.8, 4) is 17.2 Å². The normalized spacial score (nSPS) is 22.7. The van der Waals surface area contributed by atoms with E-state index in [-0.39, 0.29) is 36.0 Å². The molecule has 0 radical (unpaired) electrons. The van der Waals surface area contributed by atoms with E-state index >= 15 is 0 Å². The van der Waals surface area contributed by atoms with Crippen LogP contribution in [0.15, 0.2) is 46.9 Å². The van der Waals surface area contributed by atoms with Gasteiger partial charge in [-0.3, -0.25) is 10.1 Å². The summed E-state index contributed by atoms with van der Waals surface area (Å²) in [6.07, 6.45) is 0.476. The summed E-state index contributed by atoms with van der Waals surface area (Å²) in [6.45, 7) is 1.26. The summed E-state index contributed by atoms with van der Waals surface area (Å²) < 4.78 is 6.15. The minimum absolute atomic E-state index is 0.00775. The van der Waals surface area contributed by atoms with Gasteiger partial charge in [0.05, 0.1) is 36.8 Å². The number of furan rings is 1. The smallest absolute Gasteiger partial charge is 0.335 e. The molecule has 0 saturated carbocycles. The number of fused-ring (bicyclic) bond motifs is 2. The van der Waals surface area contributed by atoms with Crippen LogP contribution in [0.2, 0.25) is 5.02 Å².